The van der Waals surface area contributed by atoms with Crippen LogP contribution < -0.4 is 4.90 Å². The maximum atomic E-state index is 6.00. The normalized spacial score (nSPS) is 20.1. The van der Waals surface area contributed by atoms with Crippen molar-refractivity contribution in [2.45, 2.75) is 25.3 Å². The second-order valence-corrected chi connectivity index (χ2v) is 4.66. The number of rotatable bonds is 3. The van der Waals surface area contributed by atoms with Crippen molar-refractivity contribution in [3.05, 3.63) is 29.3 Å². The first-order chi connectivity index (χ1) is 7.72. The SMILES string of the molecule is Cc1ccc(N(C)C2CCOC2)c(CCl)c1. The molecule has 1 aromatic rings. The zero-order chi connectivity index (χ0) is 11.5. The van der Waals surface area contributed by atoms with Crippen molar-refractivity contribution in [3.63, 3.8) is 0 Å². The minimum Gasteiger partial charge on any atom is -0.379 e. The predicted octanol–water partition coefficient (Wildman–Crippen LogP) is 2.96. The number of halogens is 1. The molecule has 88 valence electrons. The molecule has 1 heterocycles. The lowest BCUT2D eigenvalue weighted by molar-refractivity contribution is 0.193. The highest BCUT2D eigenvalue weighted by molar-refractivity contribution is 6.17. The fraction of sp³-hybridized carbons (Fsp3) is 0.538. The Morgan fingerprint density at radius 1 is 1.50 bits per heavy atom. The number of hydrogen-bond acceptors (Lipinski definition) is 2. The topological polar surface area (TPSA) is 12.5 Å². The smallest absolute Gasteiger partial charge is 0.0670 e. The van der Waals surface area contributed by atoms with Crippen LogP contribution in [0.25, 0.3) is 0 Å². The van der Waals surface area contributed by atoms with Crippen LogP contribution in [-0.2, 0) is 10.6 Å². The first-order valence-electron chi connectivity index (χ1n) is 5.68. The zero-order valence-corrected chi connectivity index (χ0v) is 10.6. The number of aryl methyl sites for hydroxylation is 1. The van der Waals surface area contributed by atoms with Gasteiger partial charge in [-0.1, -0.05) is 17.7 Å². The van der Waals surface area contributed by atoms with Gasteiger partial charge in [-0.15, -0.1) is 11.6 Å². The van der Waals surface area contributed by atoms with Crippen molar-refractivity contribution in [1.82, 2.24) is 0 Å². The van der Waals surface area contributed by atoms with E-state index < -0.39 is 0 Å². The molecule has 2 nitrogen and oxygen atoms in total. The number of likely N-dealkylation sites (N-methyl/N-ethyl adjacent to an activating group) is 1. The molecule has 2 rings (SSSR count). The van der Waals surface area contributed by atoms with Gasteiger partial charge < -0.3 is 9.64 Å². The van der Waals surface area contributed by atoms with Crippen molar-refractivity contribution in [2.75, 3.05) is 25.2 Å². The summed E-state index contributed by atoms with van der Waals surface area (Å²) >= 11 is 6.00. The summed E-state index contributed by atoms with van der Waals surface area (Å²) in [6.07, 6.45) is 1.10. The molecule has 16 heavy (non-hydrogen) atoms. The molecule has 0 aromatic heterocycles. The van der Waals surface area contributed by atoms with Crippen LogP contribution in [0, 0.1) is 6.92 Å². The van der Waals surface area contributed by atoms with Gasteiger partial charge in [0.05, 0.1) is 12.6 Å². The van der Waals surface area contributed by atoms with Gasteiger partial charge in [0.1, 0.15) is 0 Å². The summed E-state index contributed by atoms with van der Waals surface area (Å²) in [6.45, 7) is 3.79. The Morgan fingerprint density at radius 3 is 2.94 bits per heavy atom. The molecule has 0 radical (unpaired) electrons. The van der Waals surface area contributed by atoms with E-state index in [1.54, 1.807) is 0 Å². The average Bonchev–Trinajstić information content (AvgIpc) is 2.81. The number of ether oxygens (including phenoxy) is 1. The first-order valence-corrected chi connectivity index (χ1v) is 6.22. The lowest BCUT2D eigenvalue weighted by Crippen LogP contribution is -2.32. The van der Waals surface area contributed by atoms with E-state index in [0.717, 1.165) is 19.6 Å². The first kappa shape index (κ1) is 11.7. The van der Waals surface area contributed by atoms with E-state index in [0.29, 0.717) is 11.9 Å². The summed E-state index contributed by atoms with van der Waals surface area (Å²) in [4.78, 5) is 2.30. The van der Waals surface area contributed by atoms with Gasteiger partial charge in [0.2, 0.25) is 0 Å². The van der Waals surface area contributed by atoms with E-state index in [9.17, 15) is 0 Å². The van der Waals surface area contributed by atoms with Crippen LogP contribution in [0.2, 0.25) is 0 Å². The van der Waals surface area contributed by atoms with Crippen LogP contribution in [-0.4, -0.2) is 26.3 Å². The molecule has 0 bridgehead atoms. The molecule has 1 fully saturated rings. The lowest BCUT2D eigenvalue weighted by atomic mass is 10.1. The van der Waals surface area contributed by atoms with Gasteiger partial charge in [0.15, 0.2) is 0 Å². The van der Waals surface area contributed by atoms with E-state index >= 15 is 0 Å². The Bertz CT molecular complexity index is 361. The Labute approximate surface area is 102 Å². The third-order valence-corrected chi connectivity index (χ3v) is 3.50. The summed E-state index contributed by atoms with van der Waals surface area (Å²) in [5.74, 6) is 0.564. The molecule has 1 atom stereocenters. The lowest BCUT2D eigenvalue weighted by Gasteiger charge is -2.27. The molecule has 0 amide bonds. The van der Waals surface area contributed by atoms with Gasteiger partial charge in [-0.25, -0.2) is 0 Å². The average molecular weight is 240 g/mol. The van der Waals surface area contributed by atoms with Gasteiger partial charge in [0, 0.05) is 25.2 Å². The van der Waals surface area contributed by atoms with Crippen LogP contribution in [0.4, 0.5) is 5.69 Å². The summed E-state index contributed by atoms with van der Waals surface area (Å²) in [7, 11) is 2.13. The highest BCUT2D eigenvalue weighted by Gasteiger charge is 2.21. The van der Waals surface area contributed by atoms with Crippen molar-refractivity contribution in [1.29, 1.82) is 0 Å². The maximum Gasteiger partial charge on any atom is 0.0670 e. The molecule has 1 aliphatic heterocycles. The van der Waals surface area contributed by atoms with E-state index in [4.69, 9.17) is 16.3 Å². The molecular weight excluding hydrogens is 222 g/mol. The summed E-state index contributed by atoms with van der Waals surface area (Å²) in [5.41, 5.74) is 3.70. The summed E-state index contributed by atoms with van der Waals surface area (Å²) in [6, 6.07) is 6.95. The Hall–Kier alpha value is -0.730. The highest BCUT2D eigenvalue weighted by atomic mass is 35.5. The minimum atomic E-state index is 0.490. The second-order valence-electron chi connectivity index (χ2n) is 4.39. The largest absolute Gasteiger partial charge is 0.379 e. The molecule has 1 saturated heterocycles. The minimum absolute atomic E-state index is 0.490. The molecule has 0 N–H and O–H groups in total. The highest BCUT2D eigenvalue weighted by Crippen LogP contribution is 2.26. The molecule has 3 heteroatoms. The van der Waals surface area contributed by atoms with E-state index in [-0.39, 0.29) is 0 Å². The zero-order valence-electron chi connectivity index (χ0n) is 9.87. The number of anilines is 1. The predicted molar refractivity (Wildman–Crippen MR) is 68.4 cm³/mol. The van der Waals surface area contributed by atoms with Gasteiger partial charge >= 0.3 is 0 Å². The Morgan fingerprint density at radius 2 is 2.31 bits per heavy atom. The quantitative estimate of drug-likeness (QED) is 0.752. The van der Waals surface area contributed by atoms with Gasteiger partial charge in [-0.2, -0.15) is 0 Å². The van der Waals surface area contributed by atoms with E-state index in [2.05, 4.69) is 37.1 Å². The Kier molecular flexibility index (Phi) is 3.72. The van der Waals surface area contributed by atoms with Crippen molar-refractivity contribution in [3.8, 4) is 0 Å². The number of nitrogens with zero attached hydrogens (tertiary/aromatic N) is 1. The fourth-order valence-electron chi connectivity index (χ4n) is 2.19. The molecule has 0 saturated carbocycles. The summed E-state index contributed by atoms with van der Waals surface area (Å²) < 4.78 is 5.42. The molecule has 1 aliphatic rings. The number of hydrogen-bond donors (Lipinski definition) is 0. The van der Waals surface area contributed by atoms with Crippen molar-refractivity contribution in [2.24, 2.45) is 0 Å². The fourth-order valence-corrected chi connectivity index (χ4v) is 2.40. The van der Waals surface area contributed by atoms with Crippen LogP contribution >= 0.6 is 11.6 Å². The monoisotopic (exact) mass is 239 g/mol. The van der Waals surface area contributed by atoms with Crippen LogP contribution in [0.15, 0.2) is 18.2 Å². The molecule has 0 spiro atoms. The summed E-state index contributed by atoms with van der Waals surface area (Å²) in [5, 5.41) is 0. The third-order valence-electron chi connectivity index (χ3n) is 3.21. The Balaban J connectivity index is 2.24. The van der Waals surface area contributed by atoms with Gasteiger partial charge in [-0.05, 0) is 25.0 Å². The number of benzene rings is 1. The standard InChI is InChI=1S/C13H18ClNO/c1-10-3-4-13(11(7-10)8-14)15(2)12-5-6-16-9-12/h3-4,7,12H,5-6,8-9H2,1-2H3. The van der Waals surface area contributed by atoms with Gasteiger partial charge in [-0.3, -0.25) is 0 Å². The second kappa shape index (κ2) is 5.07. The molecule has 1 unspecified atom stereocenters. The van der Waals surface area contributed by atoms with Crippen molar-refractivity contribution < 1.29 is 4.74 Å². The van der Waals surface area contributed by atoms with Crippen LogP contribution in [0.5, 0.6) is 0 Å². The third kappa shape index (κ3) is 2.33. The number of alkyl halides is 1. The molecule has 1 aromatic carbocycles. The van der Waals surface area contributed by atoms with Crippen LogP contribution in [0.3, 0.4) is 0 Å². The van der Waals surface area contributed by atoms with E-state index in [1.165, 1.54) is 16.8 Å². The molecule has 0 aliphatic carbocycles. The van der Waals surface area contributed by atoms with Gasteiger partial charge in [0.25, 0.3) is 0 Å². The van der Waals surface area contributed by atoms with E-state index in [1.807, 2.05) is 0 Å². The van der Waals surface area contributed by atoms with Crippen LogP contribution in [0.1, 0.15) is 17.5 Å². The maximum absolute atomic E-state index is 6.00. The van der Waals surface area contributed by atoms with Crippen molar-refractivity contribution >= 4 is 17.3 Å². The molecular formula is C13H18ClNO.